The Balaban J connectivity index is 0.000000193. The molecule has 8 heteroatoms. The van der Waals surface area contributed by atoms with Crippen molar-refractivity contribution in [2.75, 3.05) is 5.73 Å². The number of Topliss-reactive ketones (excluding diaryl/α,β-unsaturated/α-hetero) is 1. The first-order chi connectivity index (χ1) is 15.8. The van der Waals surface area contributed by atoms with Gasteiger partial charge in [-0.1, -0.05) is 56.1 Å². The van der Waals surface area contributed by atoms with E-state index < -0.39 is 5.97 Å². The molecule has 168 valence electrons. The van der Waals surface area contributed by atoms with E-state index in [1.54, 1.807) is 42.7 Å². The molecule has 33 heavy (non-hydrogen) atoms. The van der Waals surface area contributed by atoms with Crippen LogP contribution in [0.1, 0.15) is 26.4 Å². The summed E-state index contributed by atoms with van der Waals surface area (Å²) in [7, 11) is 0. The Morgan fingerprint density at radius 1 is 0.727 bits per heavy atom. The maximum atomic E-state index is 11.9. The topological polar surface area (TPSA) is 106 Å². The molecule has 0 unspecified atom stereocenters. The lowest BCUT2D eigenvalue weighted by atomic mass is 10.1. The summed E-state index contributed by atoms with van der Waals surface area (Å²) < 4.78 is 1.86. The van der Waals surface area contributed by atoms with Crippen LogP contribution >= 0.6 is 31.9 Å². The van der Waals surface area contributed by atoms with E-state index in [0.717, 1.165) is 14.6 Å². The molecule has 0 saturated carbocycles. The molecule has 0 atom stereocenters. The summed E-state index contributed by atoms with van der Waals surface area (Å²) in [5.41, 5.74) is 7.07. The summed E-state index contributed by atoms with van der Waals surface area (Å²) in [5.74, 6) is -0.235. The quantitative estimate of drug-likeness (QED) is 0.288. The number of carboxylic acids is 1. The molecule has 0 radical (unpaired) electrons. The number of anilines is 1. The van der Waals surface area contributed by atoms with Gasteiger partial charge >= 0.3 is 5.97 Å². The predicted molar refractivity (Wildman–Crippen MR) is 136 cm³/mol. The molecule has 2 aromatic carbocycles. The van der Waals surface area contributed by atoms with Gasteiger partial charge in [0.2, 0.25) is 0 Å². The molecule has 2 heterocycles. The van der Waals surface area contributed by atoms with E-state index in [-0.39, 0.29) is 5.78 Å². The molecule has 2 aromatic heterocycles. The molecule has 3 N–H and O–H groups in total. The number of aromatic nitrogens is 2. The van der Waals surface area contributed by atoms with Crippen molar-refractivity contribution < 1.29 is 14.7 Å². The highest BCUT2D eigenvalue weighted by molar-refractivity contribution is 9.10. The molecule has 0 aliphatic carbocycles. The van der Waals surface area contributed by atoms with Gasteiger partial charge in [-0.2, -0.15) is 0 Å². The van der Waals surface area contributed by atoms with E-state index >= 15 is 0 Å². The van der Waals surface area contributed by atoms with Gasteiger partial charge in [0.25, 0.3) is 0 Å². The van der Waals surface area contributed by atoms with Crippen molar-refractivity contribution in [1.82, 2.24) is 9.97 Å². The van der Waals surface area contributed by atoms with Gasteiger partial charge in [0.15, 0.2) is 5.78 Å². The van der Waals surface area contributed by atoms with Gasteiger partial charge in [0.1, 0.15) is 5.82 Å². The van der Waals surface area contributed by atoms with Crippen molar-refractivity contribution in [3.8, 4) is 0 Å². The Morgan fingerprint density at radius 3 is 1.64 bits per heavy atom. The van der Waals surface area contributed by atoms with Crippen LogP contribution in [0.3, 0.4) is 0 Å². The molecule has 0 spiro atoms. The monoisotopic (exact) mass is 569 g/mol. The highest BCUT2D eigenvalue weighted by Crippen LogP contribution is 2.12. The van der Waals surface area contributed by atoms with Gasteiger partial charge in [0.05, 0.1) is 12.0 Å². The molecule has 0 saturated heterocycles. The lowest BCUT2D eigenvalue weighted by Gasteiger charge is -2.00. The number of nitrogens with two attached hydrogens (primary N) is 1. The number of halogens is 2. The standard InChI is InChI=1S/C13H10BrNO.C7H5BrO2.C5H6N2/c14-11-6-4-10(5-7-11)13(16)9-12-3-1-2-8-15-12;8-6-3-1-5(2-4-6)7(9)10;6-5-3-1-2-4-7-5/h1-8H,9H2;1-4H,(H,9,10);1-4H,(H2,6,7). The fourth-order valence-electron chi connectivity index (χ4n) is 2.37. The van der Waals surface area contributed by atoms with Crippen LogP contribution in [0.5, 0.6) is 0 Å². The number of carboxylic acid groups (broad SMARTS) is 1. The highest BCUT2D eigenvalue weighted by atomic mass is 79.9. The molecule has 6 nitrogen and oxygen atoms in total. The number of benzene rings is 2. The maximum absolute atomic E-state index is 11.9. The Labute approximate surface area is 208 Å². The summed E-state index contributed by atoms with van der Waals surface area (Å²) in [4.78, 5) is 30.1. The number of nitrogen functional groups attached to an aromatic ring is 1. The summed E-state index contributed by atoms with van der Waals surface area (Å²) in [5, 5.41) is 8.46. The third-order valence-corrected chi connectivity index (χ3v) is 5.07. The van der Waals surface area contributed by atoms with Gasteiger partial charge in [-0.05, 0) is 60.7 Å². The molecule has 0 amide bonds. The number of carbonyl (C=O) groups excluding carboxylic acids is 1. The SMILES string of the molecule is Nc1ccccn1.O=C(Cc1ccccn1)c1ccc(Br)cc1.O=C(O)c1ccc(Br)cc1. The Kier molecular flexibility index (Phi) is 10.9. The second-order valence-corrected chi connectivity index (χ2v) is 8.33. The van der Waals surface area contributed by atoms with Gasteiger partial charge in [-0.15, -0.1) is 0 Å². The molecule has 4 rings (SSSR count). The fraction of sp³-hybridized carbons (Fsp3) is 0.0400. The molecular weight excluding hydrogens is 550 g/mol. The average Bonchev–Trinajstić information content (AvgIpc) is 2.82. The minimum absolute atomic E-state index is 0.0891. The van der Waals surface area contributed by atoms with Crippen molar-refractivity contribution >= 4 is 49.4 Å². The molecular formula is C25H21Br2N3O3. The second kappa shape index (κ2) is 13.9. The highest BCUT2D eigenvalue weighted by Gasteiger charge is 2.07. The first-order valence-electron chi connectivity index (χ1n) is 9.69. The van der Waals surface area contributed by atoms with Crippen LogP contribution < -0.4 is 5.73 Å². The van der Waals surface area contributed by atoms with Crippen molar-refractivity contribution in [3.63, 3.8) is 0 Å². The number of carbonyl (C=O) groups is 2. The molecule has 0 fully saturated rings. The summed E-state index contributed by atoms with van der Waals surface area (Å²) in [6.07, 6.45) is 3.71. The number of hydrogen-bond donors (Lipinski definition) is 2. The zero-order valence-electron chi connectivity index (χ0n) is 17.4. The van der Waals surface area contributed by atoms with E-state index in [9.17, 15) is 9.59 Å². The van der Waals surface area contributed by atoms with Crippen LogP contribution in [0.2, 0.25) is 0 Å². The Bertz CT molecular complexity index is 1140. The molecule has 4 aromatic rings. The molecule has 0 aliphatic heterocycles. The van der Waals surface area contributed by atoms with E-state index in [2.05, 4.69) is 41.8 Å². The number of ketones is 1. The Hall–Kier alpha value is -3.36. The largest absolute Gasteiger partial charge is 0.478 e. The van der Waals surface area contributed by atoms with Crippen LogP contribution in [-0.4, -0.2) is 26.8 Å². The second-order valence-electron chi connectivity index (χ2n) is 6.49. The minimum atomic E-state index is -0.896. The first-order valence-corrected chi connectivity index (χ1v) is 11.3. The van der Waals surface area contributed by atoms with Crippen LogP contribution in [-0.2, 0) is 6.42 Å². The van der Waals surface area contributed by atoms with E-state index in [0.29, 0.717) is 23.4 Å². The number of pyridine rings is 2. The summed E-state index contributed by atoms with van der Waals surface area (Å²) in [6.45, 7) is 0. The molecule has 0 aliphatic rings. The maximum Gasteiger partial charge on any atom is 0.335 e. The smallest absolute Gasteiger partial charge is 0.335 e. The predicted octanol–water partition coefficient (Wildman–Crippen LogP) is 6.08. The number of nitrogens with zero attached hydrogens (tertiary/aromatic N) is 2. The minimum Gasteiger partial charge on any atom is -0.478 e. The van der Waals surface area contributed by atoms with Crippen LogP contribution in [0.4, 0.5) is 5.82 Å². The third-order valence-electron chi connectivity index (χ3n) is 4.01. The van der Waals surface area contributed by atoms with Crippen molar-refractivity contribution in [3.05, 3.63) is 123 Å². The summed E-state index contributed by atoms with van der Waals surface area (Å²) >= 11 is 6.54. The van der Waals surface area contributed by atoms with Crippen LogP contribution in [0.15, 0.2) is 106 Å². The zero-order chi connectivity index (χ0) is 24.1. The van der Waals surface area contributed by atoms with E-state index in [1.165, 1.54) is 0 Å². The number of aromatic carboxylic acids is 1. The zero-order valence-corrected chi connectivity index (χ0v) is 20.6. The van der Waals surface area contributed by atoms with Crippen molar-refractivity contribution in [2.24, 2.45) is 0 Å². The first kappa shape index (κ1) is 25.9. The average molecular weight is 571 g/mol. The van der Waals surface area contributed by atoms with E-state index in [4.69, 9.17) is 10.8 Å². The van der Waals surface area contributed by atoms with Crippen molar-refractivity contribution in [2.45, 2.75) is 6.42 Å². The van der Waals surface area contributed by atoms with Crippen molar-refractivity contribution in [1.29, 1.82) is 0 Å². The van der Waals surface area contributed by atoms with Crippen LogP contribution in [0, 0.1) is 0 Å². The lowest BCUT2D eigenvalue weighted by molar-refractivity contribution is 0.0696. The molecule has 0 bridgehead atoms. The van der Waals surface area contributed by atoms with Crippen LogP contribution in [0.25, 0.3) is 0 Å². The summed E-state index contributed by atoms with van der Waals surface area (Å²) in [6, 6.07) is 24.9. The number of hydrogen-bond acceptors (Lipinski definition) is 5. The Morgan fingerprint density at radius 2 is 1.24 bits per heavy atom. The fourth-order valence-corrected chi connectivity index (χ4v) is 2.90. The normalized spacial score (nSPS) is 9.52. The van der Waals surface area contributed by atoms with Gasteiger partial charge in [0, 0.05) is 32.6 Å². The number of rotatable bonds is 4. The van der Waals surface area contributed by atoms with Gasteiger partial charge in [-0.25, -0.2) is 9.78 Å². The third kappa shape index (κ3) is 10.2. The van der Waals surface area contributed by atoms with Gasteiger partial charge < -0.3 is 10.8 Å². The lowest BCUT2D eigenvalue weighted by Crippen LogP contribution is -2.04. The van der Waals surface area contributed by atoms with Gasteiger partial charge in [-0.3, -0.25) is 9.78 Å². The van der Waals surface area contributed by atoms with E-state index in [1.807, 2.05) is 54.6 Å².